The molecule has 0 saturated heterocycles. The second-order valence-electron chi connectivity index (χ2n) is 5.29. The molecule has 0 fully saturated rings. The minimum Gasteiger partial charge on any atom is -0.383 e. The van der Waals surface area contributed by atoms with E-state index in [2.05, 4.69) is 22.3 Å². The molecule has 122 valence electrons. The van der Waals surface area contributed by atoms with E-state index in [1.807, 2.05) is 43.3 Å². The number of ether oxygens (including phenoxy) is 1. The summed E-state index contributed by atoms with van der Waals surface area (Å²) in [6.45, 7) is 4.04. The van der Waals surface area contributed by atoms with Crippen molar-refractivity contribution in [2.75, 3.05) is 25.6 Å². The highest BCUT2D eigenvalue weighted by molar-refractivity contribution is 7.80. The molecule has 2 aromatic rings. The van der Waals surface area contributed by atoms with Crippen molar-refractivity contribution < 1.29 is 4.74 Å². The normalized spacial score (nSPS) is 10.4. The first-order valence-electron chi connectivity index (χ1n) is 7.45. The van der Waals surface area contributed by atoms with Crippen molar-refractivity contribution in [3.63, 3.8) is 0 Å². The maximum atomic E-state index is 6.17. The summed E-state index contributed by atoms with van der Waals surface area (Å²) in [6.07, 6.45) is 0. The van der Waals surface area contributed by atoms with Crippen molar-refractivity contribution >= 4 is 34.6 Å². The lowest BCUT2D eigenvalue weighted by Crippen LogP contribution is -2.36. The van der Waals surface area contributed by atoms with Crippen LogP contribution in [0.3, 0.4) is 0 Å². The summed E-state index contributed by atoms with van der Waals surface area (Å²) >= 11 is 11.7. The van der Waals surface area contributed by atoms with E-state index in [0.29, 0.717) is 11.7 Å². The van der Waals surface area contributed by atoms with E-state index in [1.54, 1.807) is 7.11 Å². The summed E-state index contributed by atoms with van der Waals surface area (Å²) in [5, 5.41) is 4.64. The Hall–Kier alpha value is -1.62. The molecule has 2 rings (SSSR count). The van der Waals surface area contributed by atoms with E-state index in [1.165, 1.54) is 5.56 Å². The van der Waals surface area contributed by atoms with Crippen LogP contribution in [-0.2, 0) is 11.3 Å². The number of hydrogen-bond donors (Lipinski definition) is 1. The fraction of sp³-hybridized carbons (Fsp3) is 0.278. The quantitative estimate of drug-likeness (QED) is 0.777. The number of hydrogen-bond acceptors (Lipinski definition) is 2. The van der Waals surface area contributed by atoms with Gasteiger partial charge in [-0.1, -0.05) is 48.0 Å². The predicted octanol–water partition coefficient (Wildman–Crippen LogP) is 4.49. The number of methoxy groups -OCH3 is 1. The summed E-state index contributed by atoms with van der Waals surface area (Å²) in [4.78, 5) is 2.09. The second kappa shape index (κ2) is 8.87. The van der Waals surface area contributed by atoms with Gasteiger partial charge in [0, 0.05) is 30.9 Å². The van der Waals surface area contributed by atoms with Crippen molar-refractivity contribution in [2.45, 2.75) is 13.5 Å². The molecule has 0 aliphatic heterocycles. The molecule has 5 heteroatoms. The van der Waals surface area contributed by atoms with E-state index in [9.17, 15) is 0 Å². The van der Waals surface area contributed by atoms with E-state index in [4.69, 9.17) is 28.6 Å². The van der Waals surface area contributed by atoms with Gasteiger partial charge in [-0.15, -0.1) is 0 Å². The van der Waals surface area contributed by atoms with E-state index in [0.717, 1.165) is 29.4 Å². The zero-order chi connectivity index (χ0) is 16.7. The largest absolute Gasteiger partial charge is 0.383 e. The highest BCUT2D eigenvalue weighted by Gasteiger charge is 2.11. The van der Waals surface area contributed by atoms with Crippen LogP contribution in [0.5, 0.6) is 0 Å². The number of nitrogens with one attached hydrogen (secondary N) is 1. The molecular weight excluding hydrogens is 328 g/mol. The average Bonchev–Trinajstić information content (AvgIpc) is 2.55. The third-order valence-electron chi connectivity index (χ3n) is 3.49. The first-order chi connectivity index (χ1) is 11.1. The highest BCUT2D eigenvalue weighted by Crippen LogP contribution is 2.20. The van der Waals surface area contributed by atoms with Crippen LogP contribution in [0, 0.1) is 6.92 Å². The topological polar surface area (TPSA) is 24.5 Å². The minimum absolute atomic E-state index is 0.614. The van der Waals surface area contributed by atoms with Crippen molar-refractivity contribution in [3.8, 4) is 0 Å². The van der Waals surface area contributed by atoms with E-state index in [-0.39, 0.29) is 0 Å². The maximum absolute atomic E-state index is 6.17. The molecule has 0 amide bonds. The standard InChI is InChI=1S/C18H21ClN2OS/c1-14-8-9-16(12-17(14)19)20-18(23)21(10-11-22-2)13-15-6-4-3-5-7-15/h3-9,12H,10-11,13H2,1-2H3,(H,20,23). The van der Waals surface area contributed by atoms with Crippen LogP contribution >= 0.6 is 23.8 Å². The highest BCUT2D eigenvalue weighted by atomic mass is 35.5. The van der Waals surface area contributed by atoms with E-state index < -0.39 is 0 Å². The molecule has 0 aliphatic carbocycles. The van der Waals surface area contributed by atoms with Gasteiger partial charge in [0.15, 0.2) is 5.11 Å². The molecule has 0 aromatic heterocycles. The summed E-state index contributed by atoms with van der Waals surface area (Å²) in [5.41, 5.74) is 3.14. The van der Waals surface area contributed by atoms with Gasteiger partial charge >= 0.3 is 0 Å². The van der Waals surface area contributed by atoms with Gasteiger partial charge in [0.1, 0.15) is 0 Å². The Labute approximate surface area is 148 Å². The number of thiocarbonyl (C=S) groups is 1. The van der Waals surface area contributed by atoms with Crippen LogP contribution in [0.4, 0.5) is 5.69 Å². The van der Waals surface area contributed by atoms with Gasteiger partial charge in [0.2, 0.25) is 0 Å². The monoisotopic (exact) mass is 348 g/mol. The lowest BCUT2D eigenvalue weighted by Gasteiger charge is -2.26. The Kier molecular flexibility index (Phi) is 6.84. The molecule has 0 heterocycles. The van der Waals surface area contributed by atoms with Crippen LogP contribution in [0.25, 0.3) is 0 Å². The molecule has 3 nitrogen and oxygen atoms in total. The lowest BCUT2D eigenvalue weighted by molar-refractivity contribution is 0.175. The first kappa shape index (κ1) is 17.7. The second-order valence-corrected chi connectivity index (χ2v) is 6.09. The Morgan fingerprint density at radius 3 is 2.61 bits per heavy atom. The number of rotatable bonds is 6. The summed E-state index contributed by atoms with van der Waals surface area (Å²) in [7, 11) is 1.69. The summed E-state index contributed by atoms with van der Waals surface area (Å²) in [5.74, 6) is 0. The Morgan fingerprint density at radius 2 is 1.96 bits per heavy atom. The Morgan fingerprint density at radius 1 is 1.22 bits per heavy atom. The first-order valence-corrected chi connectivity index (χ1v) is 8.23. The predicted molar refractivity (Wildman–Crippen MR) is 101 cm³/mol. The summed E-state index contributed by atoms with van der Waals surface area (Å²) in [6, 6.07) is 16.1. The molecule has 0 spiro atoms. The van der Waals surface area contributed by atoms with Crippen molar-refractivity contribution in [1.82, 2.24) is 4.90 Å². The summed E-state index contributed by atoms with van der Waals surface area (Å²) < 4.78 is 5.20. The molecule has 0 unspecified atom stereocenters. The fourth-order valence-electron chi connectivity index (χ4n) is 2.13. The van der Waals surface area contributed by atoms with Gasteiger partial charge in [-0.05, 0) is 42.4 Å². The van der Waals surface area contributed by atoms with Crippen LogP contribution in [0.1, 0.15) is 11.1 Å². The van der Waals surface area contributed by atoms with Gasteiger partial charge in [0.25, 0.3) is 0 Å². The molecule has 2 aromatic carbocycles. The van der Waals surface area contributed by atoms with Crippen molar-refractivity contribution in [3.05, 3.63) is 64.7 Å². The molecule has 0 aliphatic rings. The Balaban J connectivity index is 2.07. The molecule has 0 atom stereocenters. The number of anilines is 1. The van der Waals surface area contributed by atoms with Gasteiger partial charge in [0.05, 0.1) is 6.61 Å². The van der Waals surface area contributed by atoms with Crippen LogP contribution < -0.4 is 5.32 Å². The molecule has 0 radical (unpaired) electrons. The smallest absolute Gasteiger partial charge is 0.173 e. The number of aryl methyl sites for hydroxylation is 1. The van der Waals surface area contributed by atoms with E-state index >= 15 is 0 Å². The zero-order valence-corrected chi connectivity index (χ0v) is 15.0. The molecule has 23 heavy (non-hydrogen) atoms. The maximum Gasteiger partial charge on any atom is 0.173 e. The number of nitrogens with zero attached hydrogens (tertiary/aromatic N) is 1. The van der Waals surface area contributed by atoms with Gasteiger partial charge in [-0.25, -0.2) is 0 Å². The van der Waals surface area contributed by atoms with Crippen LogP contribution in [0.15, 0.2) is 48.5 Å². The number of halogens is 1. The molecular formula is C18H21ClN2OS. The van der Waals surface area contributed by atoms with Crippen LogP contribution in [-0.4, -0.2) is 30.3 Å². The zero-order valence-electron chi connectivity index (χ0n) is 13.4. The van der Waals surface area contributed by atoms with Gasteiger partial charge < -0.3 is 15.0 Å². The average molecular weight is 349 g/mol. The number of benzene rings is 2. The van der Waals surface area contributed by atoms with Gasteiger partial charge in [-0.3, -0.25) is 0 Å². The van der Waals surface area contributed by atoms with Crippen molar-refractivity contribution in [1.29, 1.82) is 0 Å². The lowest BCUT2D eigenvalue weighted by atomic mass is 10.2. The third-order valence-corrected chi connectivity index (χ3v) is 4.26. The SMILES string of the molecule is COCCN(Cc1ccccc1)C(=S)Nc1ccc(C)c(Cl)c1. The molecule has 1 N–H and O–H groups in total. The fourth-order valence-corrected chi connectivity index (χ4v) is 2.59. The molecule has 0 bridgehead atoms. The van der Waals surface area contributed by atoms with Gasteiger partial charge in [-0.2, -0.15) is 0 Å². The van der Waals surface area contributed by atoms with Crippen molar-refractivity contribution in [2.24, 2.45) is 0 Å². The minimum atomic E-state index is 0.614. The molecule has 0 saturated carbocycles. The Bertz CT molecular complexity index is 649. The third kappa shape index (κ3) is 5.50. The van der Waals surface area contributed by atoms with Crippen LogP contribution in [0.2, 0.25) is 5.02 Å².